The number of hydrogen-bond donors (Lipinski definition) is 0. The van der Waals surface area contributed by atoms with Crippen LogP contribution in [0.15, 0.2) is 48.7 Å². The number of likely N-dealkylation sites (tertiary alicyclic amines) is 1. The second kappa shape index (κ2) is 6.66. The zero-order valence-electron chi connectivity index (χ0n) is 13.8. The third-order valence-corrected chi connectivity index (χ3v) is 5.16. The molecule has 1 aliphatic carbocycles. The van der Waals surface area contributed by atoms with Crippen LogP contribution in [0, 0.1) is 17.2 Å². The zero-order valence-corrected chi connectivity index (χ0v) is 13.8. The SMILES string of the molecule is N#Cc1cccc(C(=O)N2CC3CCC2C3OCc2ccccn2)c1. The number of ether oxygens (including phenoxy) is 1. The van der Waals surface area contributed by atoms with Crippen LogP contribution in [-0.4, -0.2) is 34.5 Å². The molecule has 1 aliphatic heterocycles. The standard InChI is InChI=1S/C20H19N3O2/c21-11-14-4-3-5-15(10-14)20(24)23-12-16-7-8-18(23)19(16)25-13-17-6-1-2-9-22-17/h1-6,9-10,16,18-19H,7-8,12-13H2. The summed E-state index contributed by atoms with van der Waals surface area (Å²) in [6, 6.07) is 14.9. The Kier molecular flexibility index (Phi) is 4.21. The summed E-state index contributed by atoms with van der Waals surface area (Å²) in [5.74, 6) is 0.382. The van der Waals surface area contributed by atoms with Gasteiger partial charge in [0.2, 0.25) is 0 Å². The van der Waals surface area contributed by atoms with Gasteiger partial charge < -0.3 is 9.64 Å². The van der Waals surface area contributed by atoms with Crippen molar-refractivity contribution in [2.24, 2.45) is 5.92 Å². The van der Waals surface area contributed by atoms with E-state index >= 15 is 0 Å². The molecule has 5 heteroatoms. The third kappa shape index (κ3) is 3.01. The molecule has 2 heterocycles. The van der Waals surface area contributed by atoms with Crippen molar-refractivity contribution in [1.82, 2.24) is 9.88 Å². The smallest absolute Gasteiger partial charge is 0.254 e. The largest absolute Gasteiger partial charge is 0.369 e. The first-order chi connectivity index (χ1) is 12.3. The molecule has 0 radical (unpaired) electrons. The van der Waals surface area contributed by atoms with Crippen LogP contribution in [0.25, 0.3) is 0 Å². The molecule has 4 rings (SSSR count). The highest BCUT2D eigenvalue weighted by molar-refractivity contribution is 5.95. The lowest BCUT2D eigenvalue weighted by Crippen LogP contribution is -2.40. The molecule has 1 saturated carbocycles. The maximum atomic E-state index is 12.9. The summed E-state index contributed by atoms with van der Waals surface area (Å²) in [5, 5.41) is 9.03. The summed E-state index contributed by atoms with van der Waals surface area (Å²) in [6.45, 7) is 1.21. The Morgan fingerprint density at radius 2 is 2.20 bits per heavy atom. The van der Waals surface area contributed by atoms with Crippen LogP contribution in [0.2, 0.25) is 0 Å². The van der Waals surface area contributed by atoms with Crippen LogP contribution in [0.3, 0.4) is 0 Å². The number of piperidine rings is 1. The summed E-state index contributed by atoms with van der Waals surface area (Å²) >= 11 is 0. The van der Waals surface area contributed by atoms with E-state index in [9.17, 15) is 4.79 Å². The normalized spacial score (nSPS) is 24.3. The monoisotopic (exact) mass is 333 g/mol. The van der Waals surface area contributed by atoms with E-state index in [-0.39, 0.29) is 18.1 Å². The highest BCUT2D eigenvalue weighted by Crippen LogP contribution is 2.40. The van der Waals surface area contributed by atoms with E-state index in [0.29, 0.717) is 23.7 Å². The maximum absolute atomic E-state index is 12.9. The Labute approximate surface area is 146 Å². The zero-order chi connectivity index (χ0) is 17.2. The Hall–Kier alpha value is -2.71. The molecule has 2 aromatic rings. The van der Waals surface area contributed by atoms with Gasteiger partial charge in [-0.05, 0) is 43.2 Å². The van der Waals surface area contributed by atoms with Crippen LogP contribution in [0.5, 0.6) is 0 Å². The van der Waals surface area contributed by atoms with E-state index < -0.39 is 0 Å². The topological polar surface area (TPSA) is 66.2 Å². The van der Waals surface area contributed by atoms with E-state index in [1.165, 1.54) is 0 Å². The first-order valence-corrected chi connectivity index (χ1v) is 8.59. The fourth-order valence-corrected chi connectivity index (χ4v) is 3.98. The number of carbonyl (C=O) groups excluding carboxylic acids is 1. The fourth-order valence-electron chi connectivity index (χ4n) is 3.98. The van der Waals surface area contributed by atoms with Crippen molar-refractivity contribution < 1.29 is 9.53 Å². The van der Waals surface area contributed by atoms with Crippen molar-refractivity contribution >= 4 is 5.91 Å². The Balaban J connectivity index is 1.46. The highest BCUT2D eigenvalue weighted by atomic mass is 16.5. The van der Waals surface area contributed by atoms with E-state index in [4.69, 9.17) is 10.00 Å². The Morgan fingerprint density at radius 1 is 1.28 bits per heavy atom. The second-order valence-corrected chi connectivity index (χ2v) is 6.65. The van der Waals surface area contributed by atoms with Gasteiger partial charge in [-0.15, -0.1) is 0 Å². The van der Waals surface area contributed by atoms with Gasteiger partial charge in [0.25, 0.3) is 5.91 Å². The number of benzene rings is 1. The van der Waals surface area contributed by atoms with E-state index in [0.717, 1.165) is 25.1 Å². The molecular formula is C20H19N3O2. The molecule has 0 spiro atoms. The number of nitriles is 1. The number of hydrogen-bond acceptors (Lipinski definition) is 4. The number of fused-ring (bicyclic) bond motifs is 2. The van der Waals surface area contributed by atoms with E-state index in [1.54, 1.807) is 30.5 Å². The highest BCUT2D eigenvalue weighted by Gasteiger charge is 2.49. The minimum Gasteiger partial charge on any atom is -0.369 e. The van der Waals surface area contributed by atoms with Gasteiger partial charge in [-0.1, -0.05) is 12.1 Å². The van der Waals surface area contributed by atoms with Crippen LogP contribution in [0.4, 0.5) is 0 Å². The molecule has 2 aliphatic rings. The van der Waals surface area contributed by atoms with Crippen LogP contribution in [0.1, 0.15) is 34.5 Å². The van der Waals surface area contributed by atoms with Crippen LogP contribution >= 0.6 is 0 Å². The molecule has 2 bridgehead atoms. The molecule has 2 fully saturated rings. The molecule has 1 aromatic heterocycles. The quantitative estimate of drug-likeness (QED) is 0.863. The molecule has 1 saturated heterocycles. The van der Waals surface area contributed by atoms with Crippen molar-refractivity contribution in [2.75, 3.05) is 6.54 Å². The van der Waals surface area contributed by atoms with Gasteiger partial charge in [-0.2, -0.15) is 5.26 Å². The lowest BCUT2D eigenvalue weighted by atomic mass is 10.1. The predicted molar refractivity (Wildman–Crippen MR) is 91.5 cm³/mol. The predicted octanol–water partition coefficient (Wildman–Crippen LogP) is 2.77. The summed E-state index contributed by atoms with van der Waals surface area (Å²) in [5.41, 5.74) is 2.00. The number of carbonyl (C=O) groups is 1. The maximum Gasteiger partial charge on any atom is 0.254 e. The van der Waals surface area contributed by atoms with Gasteiger partial charge in [0.05, 0.1) is 36.1 Å². The number of aromatic nitrogens is 1. The van der Waals surface area contributed by atoms with Gasteiger partial charge in [0.15, 0.2) is 0 Å². The number of rotatable bonds is 4. The molecule has 25 heavy (non-hydrogen) atoms. The molecule has 5 nitrogen and oxygen atoms in total. The van der Waals surface area contributed by atoms with Crippen molar-refractivity contribution in [3.05, 3.63) is 65.5 Å². The molecule has 3 unspecified atom stereocenters. The van der Waals surface area contributed by atoms with Gasteiger partial charge >= 0.3 is 0 Å². The third-order valence-electron chi connectivity index (χ3n) is 5.16. The number of nitrogens with zero attached hydrogens (tertiary/aromatic N) is 3. The summed E-state index contributed by atoms with van der Waals surface area (Å²) in [6.07, 6.45) is 3.91. The Bertz CT molecular complexity index is 815. The molecule has 0 N–H and O–H groups in total. The van der Waals surface area contributed by atoms with Gasteiger partial charge in [0, 0.05) is 24.2 Å². The van der Waals surface area contributed by atoms with Crippen molar-refractivity contribution in [3.8, 4) is 6.07 Å². The summed E-state index contributed by atoms with van der Waals surface area (Å²) < 4.78 is 6.13. The van der Waals surface area contributed by atoms with Gasteiger partial charge in [-0.3, -0.25) is 9.78 Å². The molecule has 126 valence electrons. The first kappa shape index (κ1) is 15.8. The van der Waals surface area contributed by atoms with Gasteiger partial charge in [-0.25, -0.2) is 0 Å². The minimum absolute atomic E-state index is 0.00395. The minimum atomic E-state index is -0.00395. The lowest BCUT2D eigenvalue weighted by Gasteiger charge is -2.27. The Morgan fingerprint density at radius 3 is 3.00 bits per heavy atom. The number of pyridine rings is 1. The van der Waals surface area contributed by atoms with Crippen molar-refractivity contribution in [2.45, 2.75) is 31.6 Å². The van der Waals surface area contributed by atoms with Crippen molar-refractivity contribution in [3.63, 3.8) is 0 Å². The first-order valence-electron chi connectivity index (χ1n) is 8.59. The fraction of sp³-hybridized carbons (Fsp3) is 0.350. The molecule has 1 aromatic carbocycles. The van der Waals surface area contributed by atoms with E-state index in [2.05, 4.69) is 11.1 Å². The average molecular weight is 333 g/mol. The van der Waals surface area contributed by atoms with Gasteiger partial charge in [0.1, 0.15) is 0 Å². The van der Waals surface area contributed by atoms with Crippen LogP contribution in [-0.2, 0) is 11.3 Å². The summed E-state index contributed by atoms with van der Waals surface area (Å²) in [4.78, 5) is 19.1. The second-order valence-electron chi connectivity index (χ2n) is 6.65. The van der Waals surface area contributed by atoms with E-state index in [1.807, 2.05) is 23.1 Å². The lowest BCUT2D eigenvalue weighted by molar-refractivity contribution is 0.0144. The number of amides is 1. The van der Waals surface area contributed by atoms with Crippen molar-refractivity contribution in [1.29, 1.82) is 5.26 Å². The summed E-state index contributed by atoms with van der Waals surface area (Å²) in [7, 11) is 0. The average Bonchev–Trinajstić information content (AvgIpc) is 3.23. The molecular weight excluding hydrogens is 314 g/mol. The molecule has 3 atom stereocenters. The van der Waals surface area contributed by atoms with Crippen LogP contribution < -0.4 is 0 Å². The molecule has 1 amide bonds.